The molecule has 0 saturated carbocycles. The number of alkyl carbamates (subject to hydrolysis) is 1. The molecule has 2 atom stereocenters. The van der Waals surface area contributed by atoms with Crippen LogP contribution in [0.4, 0.5) is 10.5 Å². The molecule has 0 radical (unpaired) electrons. The topological polar surface area (TPSA) is 76.7 Å². The Hall–Kier alpha value is -2.54. The third-order valence-electron chi connectivity index (χ3n) is 4.25. The maximum atomic E-state index is 12.5. The first-order valence-corrected chi connectivity index (χ1v) is 9.64. The molecule has 1 aromatic carbocycles. The Morgan fingerprint density at radius 1 is 1.26 bits per heavy atom. The Morgan fingerprint density at radius 2 is 2.00 bits per heavy atom. The number of nitrogens with one attached hydrogen (secondary N) is 2. The molecule has 2 amide bonds. The van der Waals surface area contributed by atoms with E-state index in [0.29, 0.717) is 11.4 Å². The Bertz CT molecular complexity index is 857. The van der Waals surface area contributed by atoms with E-state index in [0.717, 1.165) is 10.4 Å². The molecule has 0 saturated heterocycles. The quantitative estimate of drug-likeness (QED) is 0.824. The standard InChI is InChI=1S/C20H24N2O4S/c1-12-17(23)21-14-11-13(8-9-15(14)25-12)20(5,16-7-6-10-27-16)22-18(24)26-19(2,3)4/h6-12H,1-5H3,(H,21,23)(H,22,24). The Labute approximate surface area is 162 Å². The average Bonchev–Trinajstić information content (AvgIpc) is 3.08. The van der Waals surface area contributed by atoms with Gasteiger partial charge in [0.15, 0.2) is 6.10 Å². The fourth-order valence-corrected chi connectivity index (χ4v) is 3.73. The van der Waals surface area contributed by atoms with Gasteiger partial charge in [-0.3, -0.25) is 4.79 Å². The number of carbonyl (C=O) groups is 2. The highest BCUT2D eigenvalue weighted by Crippen LogP contribution is 2.38. The number of hydrogen-bond acceptors (Lipinski definition) is 5. The number of carbonyl (C=O) groups excluding carboxylic acids is 2. The van der Waals surface area contributed by atoms with Gasteiger partial charge in [0.25, 0.3) is 5.91 Å². The van der Waals surface area contributed by atoms with E-state index in [1.54, 1.807) is 6.92 Å². The van der Waals surface area contributed by atoms with Gasteiger partial charge in [0, 0.05) is 4.88 Å². The largest absolute Gasteiger partial charge is 0.479 e. The van der Waals surface area contributed by atoms with Gasteiger partial charge in [0.2, 0.25) is 0 Å². The SMILES string of the molecule is CC1Oc2ccc(C(C)(NC(=O)OC(C)(C)C)c3cccs3)cc2NC1=O. The first kappa shape index (κ1) is 19.2. The van der Waals surface area contributed by atoms with Crippen LogP contribution in [0, 0.1) is 0 Å². The van der Waals surface area contributed by atoms with Crippen molar-refractivity contribution in [1.29, 1.82) is 0 Å². The molecule has 1 aromatic heterocycles. The predicted octanol–water partition coefficient (Wildman–Crippen LogP) is 4.26. The number of thiophene rings is 1. The summed E-state index contributed by atoms with van der Waals surface area (Å²) in [6.45, 7) is 9.08. The lowest BCUT2D eigenvalue weighted by Gasteiger charge is -2.33. The van der Waals surface area contributed by atoms with E-state index in [-0.39, 0.29) is 5.91 Å². The van der Waals surface area contributed by atoms with Crippen LogP contribution in [0.15, 0.2) is 35.7 Å². The minimum Gasteiger partial charge on any atom is -0.479 e. The smallest absolute Gasteiger partial charge is 0.408 e. The first-order chi connectivity index (χ1) is 12.6. The zero-order valence-electron chi connectivity index (χ0n) is 16.1. The molecule has 0 spiro atoms. The lowest BCUT2D eigenvalue weighted by atomic mass is 9.89. The molecule has 6 nitrogen and oxygen atoms in total. The van der Waals surface area contributed by atoms with Gasteiger partial charge >= 0.3 is 6.09 Å². The highest BCUT2D eigenvalue weighted by Gasteiger charge is 2.35. The van der Waals surface area contributed by atoms with Gasteiger partial charge in [-0.2, -0.15) is 0 Å². The Kier molecular flexibility index (Phi) is 4.90. The van der Waals surface area contributed by atoms with Crippen molar-refractivity contribution in [1.82, 2.24) is 5.32 Å². The lowest BCUT2D eigenvalue weighted by Crippen LogP contribution is -2.46. The molecular weight excluding hydrogens is 364 g/mol. The van der Waals surface area contributed by atoms with Crippen molar-refractivity contribution in [2.24, 2.45) is 0 Å². The van der Waals surface area contributed by atoms with Crippen molar-refractivity contribution in [3.63, 3.8) is 0 Å². The number of amides is 2. The molecule has 2 unspecified atom stereocenters. The first-order valence-electron chi connectivity index (χ1n) is 8.76. The molecule has 7 heteroatoms. The summed E-state index contributed by atoms with van der Waals surface area (Å²) in [7, 11) is 0. The van der Waals surface area contributed by atoms with Crippen LogP contribution >= 0.6 is 11.3 Å². The van der Waals surface area contributed by atoms with Crippen LogP contribution in [-0.4, -0.2) is 23.7 Å². The minimum absolute atomic E-state index is 0.197. The number of anilines is 1. The summed E-state index contributed by atoms with van der Waals surface area (Å²) in [6.07, 6.45) is -1.04. The van der Waals surface area contributed by atoms with E-state index in [2.05, 4.69) is 10.6 Å². The van der Waals surface area contributed by atoms with Crippen LogP contribution in [0.5, 0.6) is 5.75 Å². The summed E-state index contributed by atoms with van der Waals surface area (Å²) < 4.78 is 11.1. The molecule has 1 aliphatic rings. The van der Waals surface area contributed by atoms with Crippen molar-refractivity contribution in [3.8, 4) is 5.75 Å². The summed E-state index contributed by atoms with van der Waals surface area (Å²) in [4.78, 5) is 25.4. The lowest BCUT2D eigenvalue weighted by molar-refractivity contribution is -0.122. The van der Waals surface area contributed by atoms with Crippen LogP contribution in [0.3, 0.4) is 0 Å². The molecule has 2 aromatic rings. The Balaban J connectivity index is 1.98. The van der Waals surface area contributed by atoms with Gasteiger partial charge < -0.3 is 20.1 Å². The highest BCUT2D eigenvalue weighted by molar-refractivity contribution is 7.10. The Morgan fingerprint density at radius 3 is 2.63 bits per heavy atom. The van der Waals surface area contributed by atoms with Crippen molar-refractivity contribution in [2.45, 2.75) is 51.9 Å². The summed E-state index contributed by atoms with van der Waals surface area (Å²) in [5.41, 5.74) is -0.0227. The van der Waals surface area contributed by atoms with Crippen LogP contribution in [0.25, 0.3) is 0 Å². The molecule has 1 aliphatic heterocycles. The van der Waals surface area contributed by atoms with Gasteiger partial charge in [-0.15, -0.1) is 11.3 Å². The van der Waals surface area contributed by atoms with Gasteiger partial charge in [0.1, 0.15) is 16.9 Å². The molecule has 0 aliphatic carbocycles. The van der Waals surface area contributed by atoms with Gasteiger partial charge in [-0.25, -0.2) is 4.79 Å². The molecule has 3 rings (SSSR count). The van der Waals surface area contributed by atoms with Crippen LogP contribution in [-0.2, 0) is 15.1 Å². The fourth-order valence-electron chi connectivity index (χ4n) is 2.87. The molecule has 27 heavy (non-hydrogen) atoms. The van der Waals surface area contributed by atoms with Crippen LogP contribution in [0.1, 0.15) is 45.1 Å². The van der Waals surface area contributed by atoms with Crippen LogP contribution < -0.4 is 15.4 Å². The predicted molar refractivity (Wildman–Crippen MR) is 105 cm³/mol. The van der Waals surface area contributed by atoms with E-state index >= 15 is 0 Å². The third-order valence-corrected chi connectivity index (χ3v) is 5.34. The van der Waals surface area contributed by atoms with E-state index in [9.17, 15) is 9.59 Å². The zero-order valence-corrected chi connectivity index (χ0v) is 16.9. The van der Waals surface area contributed by atoms with E-state index in [1.165, 1.54) is 11.3 Å². The summed E-state index contributed by atoms with van der Waals surface area (Å²) in [5, 5.41) is 7.80. The maximum absolute atomic E-state index is 12.5. The van der Waals surface area contributed by atoms with Crippen molar-refractivity contribution in [2.75, 3.05) is 5.32 Å². The number of fused-ring (bicyclic) bond motifs is 1. The summed E-state index contributed by atoms with van der Waals surface area (Å²) in [5.74, 6) is 0.411. The number of benzene rings is 1. The summed E-state index contributed by atoms with van der Waals surface area (Å²) >= 11 is 1.53. The van der Waals surface area contributed by atoms with Gasteiger partial charge in [-0.05, 0) is 63.8 Å². The molecular formula is C20H24N2O4S. The van der Waals surface area contributed by atoms with Crippen molar-refractivity contribution < 1.29 is 19.1 Å². The van der Waals surface area contributed by atoms with Crippen LogP contribution in [0.2, 0.25) is 0 Å². The van der Waals surface area contributed by atoms with Gasteiger partial charge in [0.05, 0.1) is 5.69 Å². The second kappa shape index (κ2) is 6.88. The van der Waals surface area contributed by atoms with Crippen molar-refractivity contribution in [3.05, 3.63) is 46.2 Å². The van der Waals surface area contributed by atoms with Crippen molar-refractivity contribution >= 4 is 29.0 Å². The maximum Gasteiger partial charge on any atom is 0.408 e. The third kappa shape index (κ3) is 4.08. The molecule has 2 N–H and O–H groups in total. The average molecular weight is 388 g/mol. The molecule has 144 valence electrons. The number of hydrogen-bond donors (Lipinski definition) is 2. The molecule has 2 heterocycles. The minimum atomic E-state index is -0.820. The molecule has 0 bridgehead atoms. The van der Waals surface area contributed by atoms with Gasteiger partial charge in [-0.1, -0.05) is 12.1 Å². The number of rotatable bonds is 3. The van der Waals surface area contributed by atoms with E-state index < -0.39 is 23.3 Å². The summed E-state index contributed by atoms with van der Waals surface area (Å²) in [6, 6.07) is 9.41. The highest BCUT2D eigenvalue weighted by atomic mass is 32.1. The zero-order chi connectivity index (χ0) is 19.8. The second-order valence-corrected chi connectivity index (χ2v) is 8.64. The van der Waals surface area contributed by atoms with E-state index in [4.69, 9.17) is 9.47 Å². The number of ether oxygens (including phenoxy) is 2. The normalized spacial score (nSPS) is 18.6. The van der Waals surface area contributed by atoms with E-state index in [1.807, 2.05) is 63.4 Å². The fraction of sp³-hybridized carbons (Fsp3) is 0.400. The second-order valence-electron chi connectivity index (χ2n) is 7.69. The monoisotopic (exact) mass is 388 g/mol. The molecule has 0 fully saturated rings.